The van der Waals surface area contributed by atoms with Gasteiger partial charge in [0.2, 0.25) is 6.04 Å². The van der Waals surface area contributed by atoms with E-state index in [9.17, 15) is 24.4 Å². The van der Waals surface area contributed by atoms with Crippen LogP contribution in [0.2, 0.25) is 0 Å². The Kier molecular flexibility index (Phi) is 6.76. The van der Waals surface area contributed by atoms with Crippen molar-refractivity contribution < 1.29 is 19.5 Å². The molecule has 4 N–H and O–H groups in total. The standard InChI is InChI=1S/C19H16N6O5S3/c20-19-22-11(8-33-19)12(24-30)15(26)23-13-16(27)25-14(18(28)29)9(7-32-17(13)25)3-6-31-10-1-4-21-5-2-10/h1-6,8,12-13,17H,7H2,(H2,20,22)(H,23,26)(H,28,29)/t12?,13?,17-/m0/s1. The van der Waals surface area contributed by atoms with Crippen LogP contribution in [0.25, 0.3) is 0 Å². The highest BCUT2D eigenvalue weighted by molar-refractivity contribution is 8.02. The highest BCUT2D eigenvalue weighted by Gasteiger charge is 2.54. The smallest absolute Gasteiger partial charge is 0.352 e. The number of pyridine rings is 1. The Bertz CT molecular complexity index is 1170. The number of thiazole rings is 1. The number of nitrogens with one attached hydrogen (secondary N) is 1. The van der Waals surface area contributed by atoms with Gasteiger partial charge in [-0.2, -0.15) is 0 Å². The summed E-state index contributed by atoms with van der Waals surface area (Å²) in [6, 6.07) is 1.21. The number of aromatic nitrogens is 2. The second kappa shape index (κ2) is 9.72. The fourth-order valence-corrected chi connectivity index (χ4v) is 5.85. The van der Waals surface area contributed by atoms with Crippen LogP contribution in [0, 0.1) is 4.91 Å². The molecule has 0 saturated carbocycles. The molecule has 14 heteroatoms. The van der Waals surface area contributed by atoms with Crippen LogP contribution >= 0.6 is 34.9 Å². The number of nitrogens with zero attached hydrogens (tertiary/aromatic N) is 4. The number of carbonyl (C=O) groups excluding carboxylic acids is 2. The zero-order chi connectivity index (χ0) is 23.5. The maximum Gasteiger partial charge on any atom is 0.352 e. The van der Waals surface area contributed by atoms with E-state index in [0.717, 1.165) is 21.1 Å². The van der Waals surface area contributed by atoms with Gasteiger partial charge in [0, 0.05) is 28.4 Å². The molecule has 3 atom stereocenters. The summed E-state index contributed by atoms with van der Waals surface area (Å²) < 4.78 is 0. The highest BCUT2D eigenvalue weighted by atomic mass is 32.2. The third-order valence-electron chi connectivity index (χ3n) is 4.79. The highest BCUT2D eigenvalue weighted by Crippen LogP contribution is 2.41. The van der Waals surface area contributed by atoms with Gasteiger partial charge in [0.05, 0.1) is 5.69 Å². The number of β-lactam (4-membered cyclic amide) rings is 1. The van der Waals surface area contributed by atoms with Gasteiger partial charge in [-0.1, -0.05) is 11.8 Å². The molecule has 2 amide bonds. The number of hydrogen-bond donors (Lipinski definition) is 3. The molecule has 4 rings (SSSR count). The number of anilines is 1. The van der Waals surface area contributed by atoms with E-state index in [4.69, 9.17) is 5.73 Å². The topological polar surface area (TPSA) is 168 Å². The third-order valence-corrected chi connectivity index (χ3v) is 7.61. The van der Waals surface area contributed by atoms with Crippen molar-refractivity contribution in [1.82, 2.24) is 20.2 Å². The van der Waals surface area contributed by atoms with E-state index >= 15 is 0 Å². The molecule has 0 bridgehead atoms. The van der Waals surface area contributed by atoms with Gasteiger partial charge in [-0.15, -0.1) is 28.0 Å². The minimum absolute atomic E-state index is 0.0927. The number of carbonyl (C=O) groups is 3. The Labute approximate surface area is 199 Å². The molecule has 2 aliphatic heterocycles. The molecule has 2 aliphatic rings. The number of amides is 2. The average Bonchev–Trinajstić information content (AvgIpc) is 3.23. The molecular weight excluding hydrogens is 488 g/mol. The van der Waals surface area contributed by atoms with Gasteiger partial charge in [0.15, 0.2) is 5.13 Å². The lowest BCUT2D eigenvalue weighted by Gasteiger charge is -2.49. The normalized spacial score (nSPS) is 20.8. The lowest BCUT2D eigenvalue weighted by molar-refractivity contribution is -0.150. The van der Waals surface area contributed by atoms with E-state index < -0.39 is 35.2 Å². The third kappa shape index (κ3) is 4.62. The van der Waals surface area contributed by atoms with Crippen LogP contribution in [0.3, 0.4) is 0 Å². The van der Waals surface area contributed by atoms with Crippen LogP contribution in [-0.2, 0) is 14.4 Å². The molecule has 0 radical (unpaired) electrons. The molecule has 0 aliphatic carbocycles. The Morgan fingerprint density at radius 1 is 1.39 bits per heavy atom. The van der Waals surface area contributed by atoms with E-state index in [2.05, 4.69) is 20.5 Å². The quantitative estimate of drug-likeness (QED) is 0.274. The van der Waals surface area contributed by atoms with Crippen LogP contribution in [-0.4, -0.2) is 54.9 Å². The molecule has 4 heterocycles. The van der Waals surface area contributed by atoms with Gasteiger partial charge in [0.1, 0.15) is 17.1 Å². The van der Waals surface area contributed by atoms with Crippen molar-refractivity contribution in [3.8, 4) is 0 Å². The van der Waals surface area contributed by atoms with Crippen LogP contribution in [0.1, 0.15) is 11.7 Å². The Hall–Kier alpha value is -3.23. The van der Waals surface area contributed by atoms with Crippen molar-refractivity contribution in [1.29, 1.82) is 0 Å². The zero-order valence-corrected chi connectivity index (χ0v) is 19.1. The number of carboxylic acid groups (broad SMARTS) is 1. The molecule has 1 fully saturated rings. The number of rotatable bonds is 8. The van der Waals surface area contributed by atoms with E-state index in [-0.39, 0.29) is 16.5 Å². The molecular formula is C19H16N6O5S3. The molecule has 2 unspecified atom stereocenters. The maximum atomic E-state index is 12.8. The maximum absolute atomic E-state index is 12.8. The van der Waals surface area contributed by atoms with Crippen molar-refractivity contribution in [2.24, 2.45) is 5.18 Å². The summed E-state index contributed by atoms with van der Waals surface area (Å²) >= 11 is 3.77. The lowest BCUT2D eigenvalue weighted by atomic mass is 10.0. The molecule has 2 aromatic heterocycles. The van der Waals surface area contributed by atoms with Gasteiger partial charge in [0.25, 0.3) is 11.8 Å². The Balaban J connectivity index is 1.47. The van der Waals surface area contributed by atoms with Crippen LogP contribution in [0.5, 0.6) is 0 Å². The number of aliphatic carboxylic acids is 1. The number of carboxylic acids is 1. The molecule has 170 valence electrons. The SMILES string of the molecule is Nc1nc(C(N=O)C(=O)NC2C(=O)N3C(C(=O)O)=C(C=CSc4ccncc4)CS[C@@H]23)cs1. The van der Waals surface area contributed by atoms with E-state index in [0.29, 0.717) is 11.3 Å². The zero-order valence-electron chi connectivity index (χ0n) is 16.7. The first-order valence-corrected chi connectivity index (χ1v) is 12.2. The lowest BCUT2D eigenvalue weighted by Crippen LogP contribution is -2.70. The molecule has 11 nitrogen and oxygen atoms in total. The van der Waals surface area contributed by atoms with Crippen molar-refractivity contribution in [2.75, 3.05) is 11.5 Å². The van der Waals surface area contributed by atoms with Crippen LogP contribution < -0.4 is 11.1 Å². The van der Waals surface area contributed by atoms with Gasteiger partial charge in [-0.3, -0.25) is 19.5 Å². The second-order valence-corrected chi connectivity index (χ2v) is 9.77. The second-order valence-electron chi connectivity index (χ2n) is 6.80. The summed E-state index contributed by atoms with van der Waals surface area (Å²) in [6.45, 7) is 0. The van der Waals surface area contributed by atoms with Crippen LogP contribution in [0.4, 0.5) is 5.13 Å². The molecule has 2 aromatic rings. The minimum Gasteiger partial charge on any atom is -0.477 e. The number of nitrogen functional groups attached to an aromatic ring is 1. The molecule has 0 aromatic carbocycles. The molecule has 1 saturated heterocycles. The summed E-state index contributed by atoms with van der Waals surface area (Å²) in [5.74, 6) is -2.28. The Morgan fingerprint density at radius 3 is 2.79 bits per heavy atom. The van der Waals surface area contributed by atoms with E-state index in [1.54, 1.807) is 23.9 Å². The first-order chi connectivity index (χ1) is 15.9. The van der Waals surface area contributed by atoms with Gasteiger partial charge < -0.3 is 16.2 Å². The predicted octanol–water partition coefficient (Wildman–Crippen LogP) is 1.97. The summed E-state index contributed by atoms with van der Waals surface area (Å²) in [6.07, 6.45) is 4.97. The molecule has 0 spiro atoms. The minimum atomic E-state index is -1.45. The number of allylic oxidation sites excluding steroid dienone is 1. The number of thioether (sulfide) groups is 2. The monoisotopic (exact) mass is 504 g/mol. The number of nitrogens with two attached hydrogens (primary N) is 1. The first kappa shape index (κ1) is 22.9. The van der Waals surface area contributed by atoms with Gasteiger partial charge in [-0.25, -0.2) is 9.78 Å². The number of nitroso groups, excluding NO2 is 1. The molecule has 33 heavy (non-hydrogen) atoms. The van der Waals surface area contributed by atoms with E-state index in [1.165, 1.54) is 28.9 Å². The largest absolute Gasteiger partial charge is 0.477 e. The fourth-order valence-electron chi connectivity index (χ4n) is 3.28. The average molecular weight is 505 g/mol. The Morgan fingerprint density at radius 2 is 2.15 bits per heavy atom. The van der Waals surface area contributed by atoms with Crippen molar-refractivity contribution in [2.45, 2.75) is 22.4 Å². The van der Waals surface area contributed by atoms with Crippen LogP contribution in [0.15, 0.2) is 62.7 Å². The summed E-state index contributed by atoms with van der Waals surface area (Å²) in [5, 5.41) is 17.8. The van der Waals surface area contributed by atoms with Crippen molar-refractivity contribution in [3.63, 3.8) is 0 Å². The summed E-state index contributed by atoms with van der Waals surface area (Å²) in [4.78, 5) is 58.4. The fraction of sp³-hybridized carbons (Fsp3) is 0.211. The first-order valence-electron chi connectivity index (χ1n) is 9.38. The van der Waals surface area contributed by atoms with E-state index in [1.807, 2.05) is 12.1 Å². The summed E-state index contributed by atoms with van der Waals surface area (Å²) in [7, 11) is 0. The van der Waals surface area contributed by atoms with Crippen molar-refractivity contribution in [3.05, 3.63) is 63.3 Å². The van der Waals surface area contributed by atoms with Gasteiger partial charge in [-0.05, 0) is 34.4 Å². The van der Waals surface area contributed by atoms with Crippen molar-refractivity contribution >= 4 is 57.8 Å². The number of fused-ring (bicyclic) bond motifs is 1. The summed E-state index contributed by atoms with van der Waals surface area (Å²) in [5.41, 5.74) is 5.99. The predicted molar refractivity (Wildman–Crippen MR) is 124 cm³/mol. The number of hydrogen-bond acceptors (Lipinski definition) is 11. The van der Waals surface area contributed by atoms with Gasteiger partial charge >= 0.3 is 5.97 Å².